The highest BCUT2D eigenvalue weighted by atomic mass is 79.9. The molecule has 1 aliphatic heterocycles. The zero-order valence-corrected chi connectivity index (χ0v) is 19.0. The summed E-state index contributed by atoms with van der Waals surface area (Å²) < 4.78 is 21.9. The van der Waals surface area contributed by atoms with Crippen LogP contribution in [0, 0.1) is 0 Å². The van der Waals surface area contributed by atoms with Crippen LogP contribution < -0.4 is 14.2 Å². The molecule has 0 aromatic heterocycles. The second-order valence-electron chi connectivity index (χ2n) is 6.69. The standard InChI is InChI=1S/C23H22BrNO6/c1-4-5-10-29-17-8-6-16(7-9-17)22-25-19(23(27)31-22)12-15-11-18(24)21(30-14(2)26)20(13-15)28-3/h6-9,11-13H,4-5,10H2,1-3H3/b19-12+. The van der Waals surface area contributed by atoms with Crippen LogP contribution in [0.4, 0.5) is 0 Å². The van der Waals surface area contributed by atoms with Crippen molar-refractivity contribution in [1.82, 2.24) is 0 Å². The number of unbranched alkanes of at least 4 members (excludes halogenated alkanes) is 1. The molecule has 8 heteroatoms. The lowest BCUT2D eigenvalue weighted by Crippen LogP contribution is -2.05. The number of esters is 2. The quantitative estimate of drug-likeness (QED) is 0.227. The first kappa shape index (κ1) is 22.6. The molecule has 0 saturated heterocycles. The first-order valence-electron chi connectivity index (χ1n) is 9.73. The number of cyclic esters (lactones) is 1. The number of ether oxygens (including phenoxy) is 4. The molecule has 1 aliphatic rings. The van der Waals surface area contributed by atoms with E-state index in [-0.39, 0.29) is 17.3 Å². The summed E-state index contributed by atoms with van der Waals surface area (Å²) in [5, 5.41) is 0. The van der Waals surface area contributed by atoms with Gasteiger partial charge in [0.15, 0.2) is 17.2 Å². The maximum Gasteiger partial charge on any atom is 0.363 e. The van der Waals surface area contributed by atoms with Gasteiger partial charge in [0.25, 0.3) is 0 Å². The van der Waals surface area contributed by atoms with E-state index in [1.807, 2.05) is 12.1 Å². The fraction of sp³-hybridized carbons (Fsp3) is 0.261. The number of hydrogen-bond donors (Lipinski definition) is 0. The molecule has 0 unspecified atom stereocenters. The van der Waals surface area contributed by atoms with Crippen LogP contribution in [0.3, 0.4) is 0 Å². The maximum absolute atomic E-state index is 12.3. The van der Waals surface area contributed by atoms with E-state index in [1.54, 1.807) is 30.3 Å². The highest BCUT2D eigenvalue weighted by molar-refractivity contribution is 9.10. The van der Waals surface area contributed by atoms with Crippen LogP contribution in [0.5, 0.6) is 17.2 Å². The van der Waals surface area contributed by atoms with Crippen molar-refractivity contribution in [2.24, 2.45) is 4.99 Å². The Morgan fingerprint density at radius 2 is 1.97 bits per heavy atom. The lowest BCUT2D eigenvalue weighted by atomic mass is 10.1. The Morgan fingerprint density at radius 3 is 2.61 bits per heavy atom. The number of hydrogen-bond acceptors (Lipinski definition) is 7. The minimum absolute atomic E-state index is 0.146. The highest BCUT2D eigenvalue weighted by Gasteiger charge is 2.24. The largest absolute Gasteiger partial charge is 0.494 e. The number of methoxy groups -OCH3 is 1. The lowest BCUT2D eigenvalue weighted by Gasteiger charge is -2.11. The molecule has 0 spiro atoms. The molecule has 1 heterocycles. The zero-order chi connectivity index (χ0) is 22.4. The summed E-state index contributed by atoms with van der Waals surface area (Å²) in [6, 6.07) is 10.6. The average Bonchev–Trinajstić information content (AvgIpc) is 3.10. The van der Waals surface area contributed by atoms with Crippen molar-refractivity contribution in [2.75, 3.05) is 13.7 Å². The summed E-state index contributed by atoms with van der Waals surface area (Å²) in [6.07, 6.45) is 3.63. The Balaban J connectivity index is 1.83. The molecule has 0 aliphatic carbocycles. The Bertz CT molecular complexity index is 1040. The Kier molecular flexibility index (Phi) is 7.46. The third-order valence-electron chi connectivity index (χ3n) is 4.29. The fourth-order valence-electron chi connectivity index (χ4n) is 2.78. The molecule has 0 atom stereocenters. The minimum atomic E-state index is -0.558. The Morgan fingerprint density at radius 1 is 1.23 bits per heavy atom. The topological polar surface area (TPSA) is 83.4 Å². The molecular formula is C23H22BrNO6. The highest BCUT2D eigenvalue weighted by Crippen LogP contribution is 2.37. The van der Waals surface area contributed by atoms with Crippen molar-refractivity contribution < 1.29 is 28.5 Å². The number of rotatable bonds is 8. The molecule has 0 bridgehead atoms. The third-order valence-corrected chi connectivity index (χ3v) is 4.88. The summed E-state index contributed by atoms with van der Waals surface area (Å²) in [4.78, 5) is 27.9. The number of benzene rings is 2. The van der Waals surface area contributed by atoms with E-state index in [0.717, 1.165) is 18.6 Å². The van der Waals surface area contributed by atoms with E-state index in [2.05, 4.69) is 27.8 Å². The molecule has 0 fully saturated rings. The molecular weight excluding hydrogens is 466 g/mol. The van der Waals surface area contributed by atoms with Gasteiger partial charge < -0.3 is 18.9 Å². The Labute approximate surface area is 188 Å². The molecule has 7 nitrogen and oxygen atoms in total. The van der Waals surface area contributed by atoms with Crippen molar-refractivity contribution in [3.8, 4) is 17.2 Å². The van der Waals surface area contributed by atoms with Crippen molar-refractivity contribution in [3.63, 3.8) is 0 Å². The van der Waals surface area contributed by atoms with Crippen LogP contribution in [-0.2, 0) is 14.3 Å². The molecule has 2 aromatic rings. The summed E-state index contributed by atoms with van der Waals surface area (Å²) in [6.45, 7) is 4.07. The van der Waals surface area contributed by atoms with E-state index in [9.17, 15) is 9.59 Å². The zero-order valence-electron chi connectivity index (χ0n) is 17.4. The van der Waals surface area contributed by atoms with Gasteiger partial charge in [0.1, 0.15) is 5.75 Å². The van der Waals surface area contributed by atoms with Gasteiger partial charge in [-0.1, -0.05) is 13.3 Å². The summed E-state index contributed by atoms with van der Waals surface area (Å²) >= 11 is 3.36. The third kappa shape index (κ3) is 5.73. The van der Waals surface area contributed by atoms with Gasteiger partial charge >= 0.3 is 11.9 Å². The predicted molar refractivity (Wildman–Crippen MR) is 119 cm³/mol. The molecule has 31 heavy (non-hydrogen) atoms. The van der Waals surface area contributed by atoms with Crippen molar-refractivity contribution in [2.45, 2.75) is 26.7 Å². The van der Waals surface area contributed by atoms with Gasteiger partial charge in [0.2, 0.25) is 5.90 Å². The molecule has 162 valence electrons. The monoisotopic (exact) mass is 487 g/mol. The summed E-state index contributed by atoms with van der Waals surface area (Å²) in [5.74, 6) is 0.543. The van der Waals surface area contributed by atoms with Gasteiger partial charge in [-0.3, -0.25) is 4.79 Å². The second kappa shape index (κ2) is 10.3. The number of nitrogens with zero attached hydrogens (tertiary/aromatic N) is 1. The van der Waals surface area contributed by atoms with Gasteiger partial charge in [0.05, 0.1) is 18.2 Å². The van der Waals surface area contributed by atoms with E-state index in [1.165, 1.54) is 14.0 Å². The summed E-state index contributed by atoms with van der Waals surface area (Å²) in [5.41, 5.74) is 1.44. The second-order valence-corrected chi connectivity index (χ2v) is 7.54. The number of halogens is 1. The van der Waals surface area contributed by atoms with E-state index >= 15 is 0 Å². The van der Waals surface area contributed by atoms with Gasteiger partial charge in [-0.25, -0.2) is 9.79 Å². The normalized spacial score (nSPS) is 14.3. The lowest BCUT2D eigenvalue weighted by molar-refractivity contribution is -0.132. The van der Waals surface area contributed by atoms with Crippen molar-refractivity contribution >= 4 is 39.8 Å². The van der Waals surface area contributed by atoms with Crippen molar-refractivity contribution in [1.29, 1.82) is 0 Å². The van der Waals surface area contributed by atoms with Crippen LogP contribution in [0.25, 0.3) is 6.08 Å². The number of carbonyl (C=O) groups excluding carboxylic acids is 2. The van der Waals surface area contributed by atoms with Crippen LogP contribution in [0.15, 0.2) is 51.6 Å². The summed E-state index contributed by atoms with van der Waals surface area (Å²) in [7, 11) is 1.46. The van der Waals surface area contributed by atoms with Crippen molar-refractivity contribution in [3.05, 3.63) is 57.7 Å². The fourth-order valence-corrected chi connectivity index (χ4v) is 3.33. The van der Waals surface area contributed by atoms with E-state index in [0.29, 0.717) is 28.0 Å². The van der Waals surface area contributed by atoms with Gasteiger partial charge in [0, 0.05) is 12.5 Å². The molecule has 2 aromatic carbocycles. The minimum Gasteiger partial charge on any atom is -0.494 e. The molecule has 0 saturated carbocycles. The molecule has 3 rings (SSSR count). The van der Waals surface area contributed by atoms with E-state index in [4.69, 9.17) is 18.9 Å². The first-order valence-corrected chi connectivity index (χ1v) is 10.5. The Hall–Kier alpha value is -3.13. The maximum atomic E-state index is 12.3. The molecule has 0 N–H and O–H groups in total. The van der Waals surface area contributed by atoms with E-state index < -0.39 is 11.9 Å². The smallest absolute Gasteiger partial charge is 0.363 e. The number of aliphatic imine (C=N–C) groups is 1. The number of carbonyl (C=O) groups is 2. The van der Waals surface area contributed by atoms with Crippen LogP contribution >= 0.6 is 15.9 Å². The van der Waals surface area contributed by atoms with Gasteiger partial charge in [-0.05, 0) is 70.4 Å². The molecule has 0 amide bonds. The van der Waals surface area contributed by atoms with Gasteiger partial charge in [-0.2, -0.15) is 0 Å². The van der Waals surface area contributed by atoms with Crippen LogP contribution in [0.2, 0.25) is 0 Å². The first-order chi connectivity index (χ1) is 14.9. The SMILES string of the molecule is CCCCOc1ccc(C2=N/C(=C/c3cc(Br)c(OC(C)=O)c(OC)c3)C(=O)O2)cc1. The average molecular weight is 488 g/mol. The predicted octanol–water partition coefficient (Wildman–Crippen LogP) is 4.91. The van der Waals surface area contributed by atoms with Crippen LogP contribution in [0.1, 0.15) is 37.8 Å². The molecule has 0 radical (unpaired) electrons. The van der Waals surface area contributed by atoms with Crippen LogP contribution in [-0.4, -0.2) is 31.6 Å². The van der Waals surface area contributed by atoms with Gasteiger partial charge in [-0.15, -0.1) is 0 Å².